The zero-order chi connectivity index (χ0) is 13.1. The van der Waals surface area contributed by atoms with Gasteiger partial charge in [-0.1, -0.05) is 11.6 Å². The standard InChI is InChI=1S/C11H11ClN4O2/c1-2-16-6-7(5-14-16)15-10-9(12)8(11(17)18)3-4-13-10/h3-6H,2H2,1H3,(H,13,15)(H,17,18). The van der Waals surface area contributed by atoms with Gasteiger partial charge in [0.15, 0.2) is 0 Å². The summed E-state index contributed by atoms with van der Waals surface area (Å²) in [5.74, 6) is -0.790. The monoisotopic (exact) mass is 266 g/mol. The SMILES string of the molecule is CCn1cc(Nc2nccc(C(=O)O)c2Cl)cn1. The number of nitrogens with one attached hydrogen (secondary N) is 1. The number of rotatable bonds is 4. The normalized spacial score (nSPS) is 10.3. The minimum Gasteiger partial charge on any atom is -0.478 e. The van der Waals surface area contributed by atoms with Gasteiger partial charge in [0.25, 0.3) is 0 Å². The van der Waals surface area contributed by atoms with Crippen LogP contribution in [0.4, 0.5) is 11.5 Å². The van der Waals surface area contributed by atoms with E-state index in [0.717, 1.165) is 6.54 Å². The predicted octanol–water partition coefficient (Wildman–Crippen LogP) is 2.39. The number of carboxylic acids is 1. The second-order valence-electron chi connectivity index (χ2n) is 3.54. The van der Waals surface area contributed by atoms with Gasteiger partial charge in [-0.3, -0.25) is 4.68 Å². The lowest BCUT2D eigenvalue weighted by molar-refractivity contribution is 0.0697. The van der Waals surface area contributed by atoms with E-state index in [2.05, 4.69) is 15.4 Å². The molecule has 0 saturated heterocycles. The van der Waals surface area contributed by atoms with Crippen molar-refractivity contribution in [2.24, 2.45) is 0 Å². The molecule has 2 heterocycles. The van der Waals surface area contributed by atoms with Gasteiger partial charge in [-0.05, 0) is 13.0 Å². The van der Waals surface area contributed by atoms with Gasteiger partial charge >= 0.3 is 5.97 Å². The summed E-state index contributed by atoms with van der Waals surface area (Å²) in [6.07, 6.45) is 4.79. The largest absolute Gasteiger partial charge is 0.478 e. The van der Waals surface area contributed by atoms with Crippen molar-refractivity contribution in [3.8, 4) is 0 Å². The summed E-state index contributed by atoms with van der Waals surface area (Å²) >= 11 is 5.96. The fraction of sp³-hybridized carbons (Fsp3) is 0.182. The highest BCUT2D eigenvalue weighted by Crippen LogP contribution is 2.26. The topological polar surface area (TPSA) is 80.0 Å². The second-order valence-corrected chi connectivity index (χ2v) is 3.91. The first-order valence-electron chi connectivity index (χ1n) is 5.29. The minimum absolute atomic E-state index is 0.0112. The highest BCUT2D eigenvalue weighted by Gasteiger charge is 2.13. The molecule has 0 aliphatic carbocycles. The van der Waals surface area contributed by atoms with Crippen LogP contribution in [0.2, 0.25) is 5.02 Å². The van der Waals surface area contributed by atoms with Gasteiger partial charge in [-0.25, -0.2) is 9.78 Å². The summed E-state index contributed by atoms with van der Waals surface area (Å²) in [4.78, 5) is 14.9. The maximum absolute atomic E-state index is 10.9. The van der Waals surface area contributed by atoms with Gasteiger partial charge in [-0.15, -0.1) is 0 Å². The van der Waals surface area contributed by atoms with E-state index < -0.39 is 5.97 Å². The van der Waals surface area contributed by atoms with Crippen LogP contribution in [0.1, 0.15) is 17.3 Å². The first-order chi connectivity index (χ1) is 8.61. The average Bonchev–Trinajstić information content (AvgIpc) is 2.79. The number of hydrogen-bond donors (Lipinski definition) is 2. The van der Waals surface area contributed by atoms with Crippen LogP contribution in [0.5, 0.6) is 0 Å². The summed E-state index contributed by atoms with van der Waals surface area (Å²) in [5.41, 5.74) is 0.714. The molecule has 0 aliphatic rings. The van der Waals surface area contributed by atoms with Crippen molar-refractivity contribution < 1.29 is 9.90 Å². The maximum Gasteiger partial charge on any atom is 0.337 e. The van der Waals surface area contributed by atoms with Crippen molar-refractivity contribution in [3.05, 3.63) is 35.2 Å². The number of aromatic nitrogens is 3. The molecular weight excluding hydrogens is 256 g/mol. The molecule has 2 aromatic heterocycles. The number of pyridine rings is 1. The molecule has 0 amide bonds. The number of hydrogen-bond acceptors (Lipinski definition) is 4. The fourth-order valence-electron chi connectivity index (χ4n) is 1.43. The Morgan fingerprint density at radius 3 is 3.00 bits per heavy atom. The van der Waals surface area contributed by atoms with Crippen molar-refractivity contribution in [1.82, 2.24) is 14.8 Å². The molecule has 0 radical (unpaired) electrons. The molecule has 0 spiro atoms. The van der Waals surface area contributed by atoms with Crippen LogP contribution in [-0.4, -0.2) is 25.8 Å². The highest BCUT2D eigenvalue weighted by atomic mass is 35.5. The molecule has 0 bridgehead atoms. The molecule has 0 atom stereocenters. The Hall–Kier alpha value is -2.08. The number of aryl methyl sites for hydroxylation is 1. The predicted molar refractivity (Wildman–Crippen MR) is 67.4 cm³/mol. The smallest absolute Gasteiger partial charge is 0.337 e. The lowest BCUT2D eigenvalue weighted by atomic mass is 10.2. The van der Waals surface area contributed by atoms with E-state index >= 15 is 0 Å². The van der Waals surface area contributed by atoms with E-state index in [1.807, 2.05) is 6.92 Å². The Morgan fingerprint density at radius 2 is 2.39 bits per heavy atom. The van der Waals surface area contributed by atoms with E-state index in [1.54, 1.807) is 17.1 Å². The van der Waals surface area contributed by atoms with Crippen LogP contribution >= 0.6 is 11.6 Å². The van der Waals surface area contributed by atoms with E-state index in [4.69, 9.17) is 16.7 Å². The Morgan fingerprint density at radius 1 is 1.61 bits per heavy atom. The van der Waals surface area contributed by atoms with E-state index in [9.17, 15) is 4.79 Å². The van der Waals surface area contributed by atoms with E-state index in [-0.39, 0.29) is 10.6 Å². The molecule has 2 aromatic rings. The molecule has 0 saturated carbocycles. The summed E-state index contributed by atoms with van der Waals surface area (Å²) in [6, 6.07) is 1.35. The summed E-state index contributed by atoms with van der Waals surface area (Å²) in [7, 11) is 0. The third-order valence-corrected chi connectivity index (χ3v) is 2.72. The first-order valence-corrected chi connectivity index (χ1v) is 5.67. The van der Waals surface area contributed by atoms with Gasteiger partial charge in [0.2, 0.25) is 0 Å². The summed E-state index contributed by atoms with van der Waals surface area (Å²) < 4.78 is 1.73. The number of nitrogens with zero attached hydrogens (tertiary/aromatic N) is 3. The molecular formula is C11H11ClN4O2. The van der Waals surface area contributed by atoms with Gasteiger partial charge in [-0.2, -0.15) is 5.10 Å². The molecule has 0 aliphatic heterocycles. The van der Waals surface area contributed by atoms with Crippen molar-refractivity contribution >= 4 is 29.1 Å². The number of aromatic carboxylic acids is 1. The number of anilines is 2. The highest BCUT2D eigenvalue weighted by molar-refractivity contribution is 6.35. The first kappa shape index (κ1) is 12.4. The van der Waals surface area contributed by atoms with Crippen molar-refractivity contribution in [2.75, 3.05) is 5.32 Å². The summed E-state index contributed by atoms with van der Waals surface area (Å²) in [5, 5.41) is 16.0. The average molecular weight is 267 g/mol. The van der Waals surface area contributed by atoms with Crippen LogP contribution < -0.4 is 5.32 Å². The van der Waals surface area contributed by atoms with Gasteiger partial charge in [0.05, 0.1) is 22.5 Å². The van der Waals surface area contributed by atoms with Gasteiger partial charge < -0.3 is 10.4 Å². The van der Waals surface area contributed by atoms with Crippen LogP contribution in [0.15, 0.2) is 24.7 Å². The zero-order valence-corrected chi connectivity index (χ0v) is 10.3. The van der Waals surface area contributed by atoms with Crippen LogP contribution in [-0.2, 0) is 6.54 Å². The van der Waals surface area contributed by atoms with Crippen molar-refractivity contribution in [2.45, 2.75) is 13.5 Å². The van der Waals surface area contributed by atoms with Crippen LogP contribution in [0.25, 0.3) is 0 Å². The Balaban J connectivity index is 2.29. The minimum atomic E-state index is -1.09. The van der Waals surface area contributed by atoms with Gasteiger partial charge in [0.1, 0.15) is 5.82 Å². The molecule has 2 rings (SSSR count). The fourth-order valence-corrected chi connectivity index (χ4v) is 1.67. The molecule has 0 unspecified atom stereocenters. The molecule has 2 N–H and O–H groups in total. The van der Waals surface area contributed by atoms with Crippen molar-refractivity contribution in [3.63, 3.8) is 0 Å². The van der Waals surface area contributed by atoms with E-state index in [0.29, 0.717) is 11.5 Å². The second kappa shape index (κ2) is 5.05. The van der Waals surface area contributed by atoms with Crippen molar-refractivity contribution in [1.29, 1.82) is 0 Å². The molecule has 7 heteroatoms. The number of halogens is 1. The quantitative estimate of drug-likeness (QED) is 0.888. The molecule has 18 heavy (non-hydrogen) atoms. The molecule has 0 aromatic carbocycles. The number of carbonyl (C=O) groups is 1. The lowest BCUT2D eigenvalue weighted by Crippen LogP contribution is -2.02. The third kappa shape index (κ3) is 2.43. The van der Waals surface area contributed by atoms with E-state index in [1.165, 1.54) is 12.3 Å². The zero-order valence-electron chi connectivity index (χ0n) is 9.59. The lowest BCUT2D eigenvalue weighted by Gasteiger charge is -2.06. The Labute approximate surface area is 108 Å². The Kier molecular flexibility index (Phi) is 3.47. The third-order valence-electron chi connectivity index (χ3n) is 2.34. The summed E-state index contributed by atoms with van der Waals surface area (Å²) in [6.45, 7) is 2.71. The number of carboxylic acid groups (broad SMARTS) is 1. The molecule has 94 valence electrons. The Bertz CT molecular complexity index is 582. The van der Waals surface area contributed by atoms with Crippen LogP contribution in [0, 0.1) is 0 Å². The maximum atomic E-state index is 10.9. The molecule has 6 nitrogen and oxygen atoms in total. The van der Waals surface area contributed by atoms with Crippen LogP contribution in [0.3, 0.4) is 0 Å². The van der Waals surface area contributed by atoms with Gasteiger partial charge in [0, 0.05) is 18.9 Å². The molecule has 0 fully saturated rings.